The minimum atomic E-state index is -1.14. The van der Waals surface area contributed by atoms with Gasteiger partial charge >= 0.3 is 6.03 Å². The summed E-state index contributed by atoms with van der Waals surface area (Å²) in [5, 5.41) is 12.9. The van der Waals surface area contributed by atoms with Crippen molar-refractivity contribution in [2.75, 3.05) is 5.32 Å². The van der Waals surface area contributed by atoms with E-state index in [0.717, 1.165) is 0 Å². The Morgan fingerprint density at radius 3 is 1.90 bits per heavy atom. The molecule has 0 aliphatic rings. The summed E-state index contributed by atoms with van der Waals surface area (Å²) in [6.07, 6.45) is 0. The molecule has 2 aromatic carbocycles. The van der Waals surface area contributed by atoms with Crippen molar-refractivity contribution in [2.45, 2.75) is 66.2 Å². The number of anilines is 1. The third-order valence-corrected chi connectivity index (χ3v) is 6.34. The summed E-state index contributed by atoms with van der Waals surface area (Å²) >= 11 is 0. The molecular formula is C30H40N6O6. The molecule has 0 bridgehead atoms. The van der Waals surface area contributed by atoms with Crippen molar-refractivity contribution >= 4 is 41.1 Å². The first-order valence-electron chi connectivity index (χ1n) is 13.5. The molecule has 12 heteroatoms. The largest absolute Gasteiger partial charge is 0.351 e. The summed E-state index contributed by atoms with van der Waals surface area (Å²) in [6, 6.07) is 11.1. The molecule has 7 N–H and O–H groups in total. The molecule has 0 aromatic heterocycles. The van der Waals surface area contributed by atoms with Gasteiger partial charge in [-0.15, -0.1) is 0 Å². The van der Waals surface area contributed by atoms with Gasteiger partial charge < -0.3 is 32.3 Å². The van der Waals surface area contributed by atoms with Crippen LogP contribution in [0.25, 0.3) is 0 Å². The molecule has 6 amide bonds. The van der Waals surface area contributed by atoms with Crippen LogP contribution in [-0.2, 0) is 25.7 Å². The smallest absolute Gasteiger partial charge is 0.316 e. The van der Waals surface area contributed by atoms with Crippen LogP contribution in [0.5, 0.6) is 0 Å². The summed E-state index contributed by atoms with van der Waals surface area (Å²) in [5.74, 6) is -3.83. The van der Waals surface area contributed by atoms with Gasteiger partial charge in [0, 0.05) is 17.8 Å². The molecule has 0 spiro atoms. The molecule has 12 nitrogen and oxygen atoms in total. The molecule has 0 heterocycles. The standard InChI is InChI=1S/C30H40N6O6/c1-17(2)22(23(37)27(40)32-16-19-12-14-21(15-13-19)34-29(31)42)35-25(38)18(3)33-28(41)24(30(4,5)6)36-26(39)20-10-8-7-9-11-20/h7-15,17-18,22,24H,16H2,1-6H3,(H,32,40)(H,33,41)(H,35,38)(H,36,39)(H3,31,34,42)/t18-,22-,24+/m0/s1. The number of ketones is 1. The van der Waals surface area contributed by atoms with Crippen molar-refractivity contribution in [3.05, 3.63) is 65.7 Å². The summed E-state index contributed by atoms with van der Waals surface area (Å²) in [5.41, 5.74) is 5.93. The molecule has 0 aliphatic carbocycles. The normalized spacial score (nSPS) is 13.2. The third-order valence-electron chi connectivity index (χ3n) is 6.34. The summed E-state index contributed by atoms with van der Waals surface area (Å²) in [4.78, 5) is 75.4. The maximum Gasteiger partial charge on any atom is 0.316 e. The van der Waals surface area contributed by atoms with E-state index in [0.29, 0.717) is 16.8 Å². The fourth-order valence-corrected chi connectivity index (χ4v) is 3.91. The number of hydrogen-bond acceptors (Lipinski definition) is 6. The molecule has 3 atom stereocenters. The number of Topliss-reactive ketones (excluding diaryl/α,β-unsaturated/α-hetero) is 1. The Morgan fingerprint density at radius 1 is 0.786 bits per heavy atom. The van der Waals surface area contributed by atoms with E-state index in [1.54, 1.807) is 89.2 Å². The Bertz CT molecular complexity index is 1290. The zero-order valence-corrected chi connectivity index (χ0v) is 24.7. The molecule has 0 saturated heterocycles. The van der Waals surface area contributed by atoms with E-state index in [9.17, 15) is 28.8 Å². The quantitative estimate of drug-likeness (QED) is 0.208. The van der Waals surface area contributed by atoms with Gasteiger partial charge in [-0.25, -0.2) is 4.79 Å². The van der Waals surface area contributed by atoms with Gasteiger partial charge in [0.2, 0.25) is 17.6 Å². The van der Waals surface area contributed by atoms with Gasteiger partial charge in [-0.05, 0) is 48.1 Å². The number of hydrogen-bond donors (Lipinski definition) is 6. The second kappa shape index (κ2) is 14.8. The van der Waals surface area contributed by atoms with Crippen molar-refractivity contribution < 1.29 is 28.8 Å². The monoisotopic (exact) mass is 580 g/mol. The zero-order chi connectivity index (χ0) is 31.6. The van der Waals surface area contributed by atoms with E-state index >= 15 is 0 Å². The number of amides is 6. The van der Waals surface area contributed by atoms with Gasteiger partial charge in [-0.2, -0.15) is 0 Å². The summed E-state index contributed by atoms with van der Waals surface area (Å²) in [7, 11) is 0. The van der Waals surface area contributed by atoms with Gasteiger partial charge in [0.1, 0.15) is 12.1 Å². The highest BCUT2D eigenvalue weighted by atomic mass is 16.2. The van der Waals surface area contributed by atoms with E-state index in [2.05, 4.69) is 26.6 Å². The molecule has 0 saturated carbocycles. The molecule has 42 heavy (non-hydrogen) atoms. The van der Waals surface area contributed by atoms with Crippen LogP contribution in [0.1, 0.15) is 57.5 Å². The Kier molecular flexibility index (Phi) is 11.8. The lowest BCUT2D eigenvalue weighted by atomic mass is 9.85. The van der Waals surface area contributed by atoms with E-state index in [1.807, 2.05) is 0 Å². The minimum absolute atomic E-state index is 0.0372. The van der Waals surface area contributed by atoms with Crippen LogP contribution >= 0.6 is 0 Å². The number of nitrogens with one attached hydrogen (secondary N) is 5. The van der Waals surface area contributed by atoms with Gasteiger partial charge in [0.15, 0.2) is 0 Å². The van der Waals surface area contributed by atoms with Crippen LogP contribution < -0.4 is 32.3 Å². The van der Waals surface area contributed by atoms with Gasteiger partial charge in [0.25, 0.3) is 11.8 Å². The fourth-order valence-electron chi connectivity index (χ4n) is 3.91. The molecule has 2 aromatic rings. The maximum absolute atomic E-state index is 13.2. The van der Waals surface area contributed by atoms with Crippen molar-refractivity contribution in [3.63, 3.8) is 0 Å². The second-order valence-corrected chi connectivity index (χ2v) is 11.3. The van der Waals surface area contributed by atoms with Gasteiger partial charge in [-0.1, -0.05) is 65.0 Å². The van der Waals surface area contributed by atoms with Crippen LogP contribution in [0.3, 0.4) is 0 Å². The number of urea groups is 1. The molecule has 2 rings (SSSR count). The van der Waals surface area contributed by atoms with Crippen molar-refractivity contribution in [2.24, 2.45) is 17.1 Å². The van der Waals surface area contributed by atoms with Crippen LogP contribution in [-0.4, -0.2) is 53.6 Å². The zero-order valence-electron chi connectivity index (χ0n) is 24.7. The number of rotatable bonds is 12. The predicted octanol–water partition coefficient (Wildman–Crippen LogP) is 1.85. The van der Waals surface area contributed by atoms with Crippen LogP contribution in [0.4, 0.5) is 10.5 Å². The van der Waals surface area contributed by atoms with Crippen molar-refractivity contribution in [3.8, 4) is 0 Å². The van der Waals surface area contributed by atoms with Crippen molar-refractivity contribution in [1.82, 2.24) is 21.3 Å². The number of primary amides is 1. The van der Waals surface area contributed by atoms with E-state index < -0.39 is 64.9 Å². The van der Waals surface area contributed by atoms with Crippen LogP contribution in [0, 0.1) is 11.3 Å². The summed E-state index contributed by atoms with van der Waals surface area (Å²) < 4.78 is 0. The number of carbonyl (C=O) groups is 6. The fraction of sp³-hybridized carbons (Fsp3) is 0.400. The van der Waals surface area contributed by atoms with E-state index in [-0.39, 0.29) is 6.54 Å². The first-order chi connectivity index (χ1) is 19.6. The van der Waals surface area contributed by atoms with Crippen molar-refractivity contribution in [1.29, 1.82) is 0 Å². The highest BCUT2D eigenvalue weighted by Crippen LogP contribution is 2.20. The average Bonchev–Trinajstić information content (AvgIpc) is 2.92. The SMILES string of the molecule is CC(C)[C@H](NC(=O)[C@H](C)NC(=O)[C@@H](NC(=O)c1ccccc1)C(C)(C)C)C(=O)C(=O)NCc1ccc(NC(N)=O)cc1. The molecule has 0 aliphatic heterocycles. The Labute approximate surface area is 245 Å². The highest BCUT2D eigenvalue weighted by Gasteiger charge is 2.35. The first-order valence-corrected chi connectivity index (χ1v) is 13.5. The average molecular weight is 581 g/mol. The lowest BCUT2D eigenvalue weighted by Gasteiger charge is -2.31. The first kappa shape index (κ1) is 33.5. The topological polar surface area (TPSA) is 189 Å². The Balaban J connectivity index is 2.00. The van der Waals surface area contributed by atoms with Crippen LogP contribution in [0.2, 0.25) is 0 Å². The Morgan fingerprint density at radius 2 is 1.38 bits per heavy atom. The second-order valence-electron chi connectivity index (χ2n) is 11.3. The maximum atomic E-state index is 13.2. The number of benzene rings is 2. The van der Waals surface area contributed by atoms with E-state index in [4.69, 9.17) is 5.73 Å². The highest BCUT2D eigenvalue weighted by molar-refractivity contribution is 6.38. The van der Waals surface area contributed by atoms with Gasteiger partial charge in [-0.3, -0.25) is 24.0 Å². The number of carbonyl (C=O) groups excluding carboxylic acids is 6. The Hall–Kier alpha value is -4.74. The predicted molar refractivity (Wildman–Crippen MR) is 158 cm³/mol. The molecule has 226 valence electrons. The number of nitrogens with two attached hydrogens (primary N) is 1. The molecular weight excluding hydrogens is 540 g/mol. The molecule has 0 radical (unpaired) electrons. The molecule has 0 unspecified atom stereocenters. The van der Waals surface area contributed by atoms with Crippen LogP contribution in [0.15, 0.2) is 54.6 Å². The third kappa shape index (κ3) is 10.0. The minimum Gasteiger partial charge on any atom is -0.351 e. The lowest BCUT2D eigenvalue weighted by Crippen LogP contribution is -2.59. The van der Waals surface area contributed by atoms with Gasteiger partial charge in [0.05, 0.1) is 6.04 Å². The molecule has 0 fully saturated rings. The van der Waals surface area contributed by atoms with E-state index in [1.165, 1.54) is 6.92 Å². The lowest BCUT2D eigenvalue weighted by molar-refractivity contribution is -0.141. The summed E-state index contributed by atoms with van der Waals surface area (Å²) in [6.45, 7) is 10.2.